The number of nitro benzene ring substituents is 1. The summed E-state index contributed by atoms with van der Waals surface area (Å²) in [6, 6.07) is 3.50. The first-order chi connectivity index (χ1) is 12.5. The number of nitrogens with zero attached hydrogens (tertiary/aromatic N) is 1. The molecule has 0 radical (unpaired) electrons. The number of aryl methyl sites for hydroxylation is 1. The highest BCUT2D eigenvalue weighted by molar-refractivity contribution is 7.80. The maximum Gasteiger partial charge on any atom is 0.501 e. The molecular formula is C15H9Cl3F3NO4P+. The highest BCUT2D eigenvalue weighted by atomic mass is 35.7. The van der Waals surface area contributed by atoms with Crippen molar-refractivity contribution < 1.29 is 27.4 Å². The predicted molar refractivity (Wildman–Crippen MR) is 97.1 cm³/mol. The van der Waals surface area contributed by atoms with Crippen molar-refractivity contribution in [3.63, 3.8) is 0 Å². The number of hydrogen-bond acceptors (Lipinski definition) is 4. The van der Waals surface area contributed by atoms with Gasteiger partial charge in [0.05, 0.1) is 20.5 Å². The Hall–Kier alpha value is -1.60. The number of benzene rings is 2. The van der Waals surface area contributed by atoms with Crippen molar-refractivity contribution in [2.45, 2.75) is 19.5 Å². The lowest BCUT2D eigenvalue weighted by Crippen LogP contribution is -2.08. The summed E-state index contributed by atoms with van der Waals surface area (Å²) in [5.74, 6) is -0.281. The van der Waals surface area contributed by atoms with Gasteiger partial charge < -0.3 is 4.74 Å². The lowest BCUT2D eigenvalue weighted by atomic mass is 10.1. The van der Waals surface area contributed by atoms with E-state index in [1.165, 1.54) is 0 Å². The third-order valence-electron chi connectivity index (χ3n) is 3.46. The summed E-state index contributed by atoms with van der Waals surface area (Å²) in [4.78, 5) is 10.4. The lowest BCUT2D eigenvalue weighted by molar-refractivity contribution is -0.383. The van der Waals surface area contributed by atoms with Gasteiger partial charge in [0.15, 0.2) is 5.75 Å². The van der Waals surface area contributed by atoms with Gasteiger partial charge in [-0.3, -0.25) is 10.1 Å². The molecule has 0 spiro atoms. The van der Waals surface area contributed by atoms with Crippen molar-refractivity contribution in [1.82, 2.24) is 0 Å². The van der Waals surface area contributed by atoms with E-state index in [0.717, 1.165) is 12.1 Å². The second-order valence-corrected chi connectivity index (χ2v) is 7.88. The van der Waals surface area contributed by atoms with Gasteiger partial charge in [0, 0.05) is 17.7 Å². The zero-order chi connectivity index (χ0) is 20.5. The van der Waals surface area contributed by atoms with Crippen LogP contribution >= 0.6 is 41.6 Å². The molecule has 5 nitrogen and oxygen atoms in total. The summed E-state index contributed by atoms with van der Waals surface area (Å²) in [5.41, 5.74) is -1.19. The summed E-state index contributed by atoms with van der Waals surface area (Å²) in [6.07, 6.45) is -4.39. The highest BCUT2D eigenvalue weighted by Crippen LogP contribution is 2.43. The second-order valence-electron chi connectivity index (χ2n) is 5.17. The summed E-state index contributed by atoms with van der Waals surface area (Å²) in [7, 11) is -2.61. The number of ether oxygens (including phenoxy) is 1. The Morgan fingerprint density at radius 2 is 1.74 bits per heavy atom. The summed E-state index contributed by atoms with van der Waals surface area (Å²) in [6.45, 7) is 1.67. The molecule has 2 aromatic carbocycles. The lowest BCUT2D eigenvalue weighted by Gasteiger charge is -2.15. The first kappa shape index (κ1) is 21.7. The maximum atomic E-state index is 12.8. The van der Waals surface area contributed by atoms with Crippen molar-refractivity contribution in [2.24, 2.45) is 0 Å². The third kappa shape index (κ3) is 4.82. The molecule has 0 aliphatic carbocycles. The van der Waals surface area contributed by atoms with E-state index in [1.54, 1.807) is 6.92 Å². The molecule has 2 rings (SSSR count). The molecule has 0 fully saturated rings. The first-order valence-corrected chi connectivity index (χ1v) is 10.1. The SMILES string of the molecule is CCc1cc([N+](=O)[O-])c([P+](=O)Cl)cc1Oc1c(Cl)cc(C(F)(F)F)cc1Cl. The summed E-state index contributed by atoms with van der Waals surface area (Å²) >= 11 is 17.3. The molecule has 1 atom stereocenters. The van der Waals surface area contributed by atoms with Crippen LogP contribution in [-0.4, -0.2) is 4.92 Å². The van der Waals surface area contributed by atoms with E-state index in [-0.39, 0.29) is 23.2 Å². The van der Waals surface area contributed by atoms with Crippen LogP contribution < -0.4 is 10.0 Å². The smallest absolute Gasteiger partial charge is 0.454 e. The van der Waals surface area contributed by atoms with Gasteiger partial charge >= 0.3 is 19.0 Å². The summed E-state index contributed by atoms with van der Waals surface area (Å²) < 4.78 is 55.6. The average molecular weight is 462 g/mol. The zero-order valence-corrected chi connectivity index (χ0v) is 16.5. The van der Waals surface area contributed by atoms with Gasteiger partial charge in [-0.25, -0.2) is 0 Å². The predicted octanol–water partition coefficient (Wildman–Crippen LogP) is 6.88. The van der Waals surface area contributed by atoms with E-state index in [1.807, 2.05) is 0 Å². The fourth-order valence-electron chi connectivity index (χ4n) is 2.19. The van der Waals surface area contributed by atoms with E-state index < -0.39 is 39.5 Å². The van der Waals surface area contributed by atoms with Gasteiger partial charge in [-0.1, -0.05) is 30.1 Å². The maximum absolute atomic E-state index is 12.8. The van der Waals surface area contributed by atoms with Crippen LogP contribution in [0, 0.1) is 10.1 Å². The molecule has 0 aromatic heterocycles. The van der Waals surface area contributed by atoms with E-state index in [9.17, 15) is 27.9 Å². The van der Waals surface area contributed by atoms with Crippen molar-refractivity contribution in [3.05, 3.63) is 55.6 Å². The van der Waals surface area contributed by atoms with Gasteiger partial charge in [-0.15, -0.1) is 0 Å². The standard InChI is InChI=1S/C15H9Cl3F3NO4P/c1-2-7-3-11(22(23)24)13(27(18)25)6-12(7)26-14-9(16)4-8(5-10(14)17)15(19,20)21/h3-6H,2H2,1H3/q+1. The molecule has 0 heterocycles. The fraction of sp³-hybridized carbons (Fsp3) is 0.200. The van der Waals surface area contributed by atoms with E-state index in [0.29, 0.717) is 17.7 Å². The van der Waals surface area contributed by atoms with Gasteiger partial charge in [0.25, 0.3) is 5.30 Å². The molecule has 1 unspecified atom stereocenters. The molecule has 0 aliphatic rings. The van der Waals surface area contributed by atoms with Crippen LogP contribution in [0.4, 0.5) is 18.9 Å². The van der Waals surface area contributed by atoms with E-state index in [2.05, 4.69) is 0 Å². The monoisotopic (exact) mass is 460 g/mol. The minimum Gasteiger partial charge on any atom is -0.454 e. The van der Waals surface area contributed by atoms with Gasteiger partial charge in [0.2, 0.25) is 11.2 Å². The van der Waals surface area contributed by atoms with Crippen LogP contribution in [0.15, 0.2) is 24.3 Å². The molecule has 0 N–H and O–H groups in total. The van der Waals surface area contributed by atoms with Crippen LogP contribution in [0.1, 0.15) is 18.1 Å². The van der Waals surface area contributed by atoms with E-state index >= 15 is 0 Å². The van der Waals surface area contributed by atoms with E-state index in [4.69, 9.17) is 39.2 Å². The normalized spacial score (nSPS) is 12.0. The fourth-order valence-corrected chi connectivity index (χ4v) is 3.71. The van der Waals surface area contributed by atoms with Crippen LogP contribution in [0.25, 0.3) is 0 Å². The Morgan fingerprint density at radius 1 is 1.19 bits per heavy atom. The minimum absolute atomic E-state index is 0.00865. The Bertz CT molecular complexity index is 914. The Kier molecular flexibility index (Phi) is 6.58. The Balaban J connectivity index is 2.59. The molecule has 0 saturated carbocycles. The molecule has 0 saturated heterocycles. The molecular weight excluding hydrogens is 452 g/mol. The topological polar surface area (TPSA) is 69.4 Å². The molecule has 0 amide bonds. The summed E-state index contributed by atoms with van der Waals surface area (Å²) in [5, 5.41) is 10.0. The quantitative estimate of drug-likeness (QED) is 0.276. The van der Waals surface area contributed by atoms with Crippen molar-refractivity contribution in [1.29, 1.82) is 0 Å². The molecule has 27 heavy (non-hydrogen) atoms. The molecule has 2 aromatic rings. The number of hydrogen-bond donors (Lipinski definition) is 0. The molecule has 0 bridgehead atoms. The van der Waals surface area contributed by atoms with Crippen molar-refractivity contribution >= 4 is 52.6 Å². The number of alkyl halides is 3. The number of nitro groups is 1. The van der Waals surface area contributed by atoms with Crippen LogP contribution in [-0.2, 0) is 17.2 Å². The van der Waals surface area contributed by atoms with Gasteiger partial charge in [-0.2, -0.15) is 13.2 Å². The van der Waals surface area contributed by atoms with Crippen LogP contribution in [0.2, 0.25) is 10.0 Å². The van der Waals surface area contributed by atoms with Gasteiger partial charge in [-0.05, 0) is 23.1 Å². The minimum atomic E-state index is -4.65. The van der Waals surface area contributed by atoms with Crippen LogP contribution in [0.3, 0.4) is 0 Å². The first-order valence-electron chi connectivity index (χ1n) is 7.14. The number of rotatable bonds is 5. The second kappa shape index (κ2) is 8.19. The molecule has 12 heteroatoms. The molecule has 0 aliphatic heterocycles. The third-order valence-corrected chi connectivity index (χ3v) is 5.31. The number of halogens is 6. The largest absolute Gasteiger partial charge is 0.501 e. The average Bonchev–Trinajstić information content (AvgIpc) is 2.56. The molecule has 144 valence electrons. The van der Waals surface area contributed by atoms with Crippen molar-refractivity contribution in [3.8, 4) is 11.5 Å². The Morgan fingerprint density at radius 3 is 2.15 bits per heavy atom. The van der Waals surface area contributed by atoms with Crippen LogP contribution in [0.5, 0.6) is 11.5 Å². The zero-order valence-electron chi connectivity index (χ0n) is 13.3. The van der Waals surface area contributed by atoms with Gasteiger partial charge in [0.1, 0.15) is 5.75 Å². The van der Waals surface area contributed by atoms with Crippen molar-refractivity contribution in [2.75, 3.05) is 0 Å². The highest BCUT2D eigenvalue weighted by Gasteiger charge is 2.34. The Labute approximate surface area is 166 Å².